The third kappa shape index (κ3) is 4.23. The number of thiazole rings is 1. The molecule has 2 aromatic carbocycles. The fourth-order valence-corrected chi connectivity index (χ4v) is 4.39. The molecule has 0 bridgehead atoms. The summed E-state index contributed by atoms with van der Waals surface area (Å²) in [7, 11) is 0. The van der Waals surface area contributed by atoms with Gasteiger partial charge in [-0.1, -0.05) is 29.0 Å². The highest BCUT2D eigenvalue weighted by molar-refractivity contribution is 7.22. The lowest BCUT2D eigenvalue weighted by atomic mass is 10.1. The Hall–Kier alpha value is -2.97. The molecule has 2 heterocycles. The Bertz CT molecular complexity index is 1130. The summed E-state index contributed by atoms with van der Waals surface area (Å²) in [5.41, 5.74) is 2.00. The summed E-state index contributed by atoms with van der Waals surface area (Å²) in [6, 6.07) is 12.3. The van der Waals surface area contributed by atoms with E-state index in [4.69, 9.17) is 11.6 Å². The van der Waals surface area contributed by atoms with E-state index in [-0.39, 0.29) is 30.7 Å². The smallest absolute Gasteiger partial charge is 0.231 e. The molecule has 0 unspecified atom stereocenters. The lowest BCUT2D eigenvalue weighted by Gasteiger charge is -2.17. The Morgan fingerprint density at radius 2 is 2.03 bits per heavy atom. The quantitative estimate of drug-likeness (QED) is 0.659. The molecule has 7 nitrogen and oxygen atoms in total. The minimum atomic E-state index is -0.484. The predicted octanol–water partition coefficient (Wildman–Crippen LogP) is 3.90. The van der Waals surface area contributed by atoms with Gasteiger partial charge in [0.25, 0.3) is 0 Å². The zero-order valence-corrected chi connectivity index (χ0v) is 17.0. The van der Waals surface area contributed by atoms with E-state index in [1.54, 1.807) is 47.4 Å². The van der Waals surface area contributed by atoms with E-state index in [2.05, 4.69) is 15.6 Å². The molecule has 0 aliphatic carbocycles. The number of benzene rings is 2. The summed E-state index contributed by atoms with van der Waals surface area (Å²) in [5.74, 6) is -1.06. The van der Waals surface area contributed by atoms with E-state index in [0.717, 1.165) is 10.2 Å². The van der Waals surface area contributed by atoms with Gasteiger partial charge in [0, 0.05) is 36.3 Å². The fourth-order valence-electron chi connectivity index (χ4n) is 3.25. The second-order valence-electron chi connectivity index (χ2n) is 6.76. The molecule has 1 aliphatic rings. The molecule has 0 radical (unpaired) electrons. The number of aromatic nitrogens is 1. The Kier molecular flexibility index (Phi) is 5.21. The standard InChI is InChI=1S/C20H17ClN4O3S/c1-11(26)22-14-3-2-4-15(9-14)25-10-12(7-18(25)27)19(28)24-20-23-16-6-5-13(21)8-17(16)29-20/h2-6,8-9,12H,7,10H2,1H3,(H,22,26)(H,23,24,28)/t12-/m0/s1. The number of nitrogens with zero attached hydrogens (tertiary/aromatic N) is 2. The summed E-state index contributed by atoms with van der Waals surface area (Å²) in [5, 5.41) is 6.59. The summed E-state index contributed by atoms with van der Waals surface area (Å²) in [6.45, 7) is 1.69. The van der Waals surface area contributed by atoms with Crippen LogP contribution >= 0.6 is 22.9 Å². The van der Waals surface area contributed by atoms with E-state index in [1.807, 2.05) is 0 Å². The fraction of sp³-hybridized carbons (Fsp3) is 0.200. The van der Waals surface area contributed by atoms with Crippen molar-refractivity contribution in [3.8, 4) is 0 Å². The van der Waals surface area contributed by atoms with Gasteiger partial charge in [0.1, 0.15) is 0 Å². The molecule has 1 atom stereocenters. The minimum absolute atomic E-state index is 0.118. The first-order valence-corrected chi connectivity index (χ1v) is 10.1. The van der Waals surface area contributed by atoms with E-state index in [9.17, 15) is 14.4 Å². The monoisotopic (exact) mass is 428 g/mol. The number of amides is 3. The van der Waals surface area contributed by atoms with Gasteiger partial charge < -0.3 is 15.5 Å². The second kappa shape index (κ2) is 7.81. The van der Waals surface area contributed by atoms with Crippen molar-refractivity contribution in [3.63, 3.8) is 0 Å². The number of hydrogen-bond donors (Lipinski definition) is 2. The number of rotatable bonds is 4. The average Bonchev–Trinajstić information content (AvgIpc) is 3.24. The number of halogens is 1. The van der Waals surface area contributed by atoms with Crippen molar-refractivity contribution in [1.82, 2.24) is 4.98 Å². The molecule has 2 N–H and O–H groups in total. The van der Waals surface area contributed by atoms with Crippen molar-refractivity contribution in [2.45, 2.75) is 13.3 Å². The molecule has 3 aromatic rings. The van der Waals surface area contributed by atoms with Crippen LogP contribution in [0.4, 0.5) is 16.5 Å². The Morgan fingerprint density at radius 3 is 2.83 bits per heavy atom. The van der Waals surface area contributed by atoms with Crippen LogP contribution in [0.3, 0.4) is 0 Å². The Morgan fingerprint density at radius 1 is 1.21 bits per heavy atom. The number of anilines is 3. The summed E-state index contributed by atoms with van der Waals surface area (Å²) >= 11 is 7.33. The van der Waals surface area contributed by atoms with Gasteiger partial charge >= 0.3 is 0 Å². The Balaban J connectivity index is 1.46. The molecule has 1 aromatic heterocycles. The first-order valence-electron chi connectivity index (χ1n) is 8.94. The topological polar surface area (TPSA) is 91.4 Å². The van der Waals surface area contributed by atoms with E-state index in [1.165, 1.54) is 18.3 Å². The molecule has 148 valence electrons. The van der Waals surface area contributed by atoms with E-state index >= 15 is 0 Å². The van der Waals surface area contributed by atoms with Gasteiger partial charge in [-0.15, -0.1) is 0 Å². The van der Waals surface area contributed by atoms with Crippen LogP contribution in [0.5, 0.6) is 0 Å². The first kappa shape index (κ1) is 19.4. The molecule has 1 fully saturated rings. The predicted molar refractivity (Wildman–Crippen MR) is 114 cm³/mol. The third-order valence-corrected chi connectivity index (χ3v) is 5.72. The molecule has 9 heteroatoms. The number of nitrogens with one attached hydrogen (secondary N) is 2. The number of fused-ring (bicyclic) bond motifs is 1. The van der Waals surface area contributed by atoms with Gasteiger partial charge in [-0.25, -0.2) is 4.98 Å². The maximum Gasteiger partial charge on any atom is 0.231 e. The highest BCUT2D eigenvalue weighted by atomic mass is 35.5. The van der Waals surface area contributed by atoms with Crippen molar-refractivity contribution in [3.05, 3.63) is 47.5 Å². The van der Waals surface area contributed by atoms with Gasteiger partial charge in [0.15, 0.2) is 5.13 Å². The van der Waals surface area contributed by atoms with Crippen molar-refractivity contribution in [2.24, 2.45) is 5.92 Å². The average molecular weight is 429 g/mol. The lowest BCUT2D eigenvalue weighted by molar-refractivity contribution is -0.122. The number of carbonyl (C=O) groups excluding carboxylic acids is 3. The highest BCUT2D eigenvalue weighted by Gasteiger charge is 2.35. The summed E-state index contributed by atoms with van der Waals surface area (Å²) < 4.78 is 0.881. The molecule has 0 spiro atoms. The maximum absolute atomic E-state index is 12.7. The summed E-state index contributed by atoms with van der Waals surface area (Å²) in [4.78, 5) is 42.4. The zero-order chi connectivity index (χ0) is 20.5. The normalized spacial score (nSPS) is 16.3. The van der Waals surface area contributed by atoms with Crippen LogP contribution in [0.1, 0.15) is 13.3 Å². The number of carbonyl (C=O) groups is 3. The van der Waals surface area contributed by atoms with Crippen LogP contribution < -0.4 is 15.5 Å². The van der Waals surface area contributed by atoms with Crippen LogP contribution in [0.25, 0.3) is 10.2 Å². The third-order valence-electron chi connectivity index (χ3n) is 4.55. The maximum atomic E-state index is 12.7. The molecule has 1 saturated heterocycles. The molecule has 4 rings (SSSR count). The van der Waals surface area contributed by atoms with Crippen molar-refractivity contribution >= 4 is 67.4 Å². The molecule has 3 amide bonds. The van der Waals surface area contributed by atoms with Crippen molar-refractivity contribution in [2.75, 3.05) is 22.1 Å². The van der Waals surface area contributed by atoms with Gasteiger partial charge in [-0.05, 0) is 36.4 Å². The molecule has 1 aliphatic heterocycles. The van der Waals surface area contributed by atoms with Crippen molar-refractivity contribution < 1.29 is 14.4 Å². The molecule has 0 saturated carbocycles. The van der Waals surface area contributed by atoms with Gasteiger partial charge in [0.05, 0.1) is 16.1 Å². The van der Waals surface area contributed by atoms with Gasteiger partial charge in [0.2, 0.25) is 17.7 Å². The highest BCUT2D eigenvalue weighted by Crippen LogP contribution is 2.31. The van der Waals surface area contributed by atoms with Crippen LogP contribution in [0.15, 0.2) is 42.5 Å². The van der Waals surface area contributed by atoms with Crippen LogP contribution in [-0.2, 0) is 14.4 Å². The lowest BCUT2D eigenvalue weighted by Crippen LogP contribution is -2.28. The number of hydrogen-bond acceptors (Lipinski definition) is 5. The van der Waals surface area contributed by atoms with Gasteiger partial charge in [-0.2, -0.15) is 0 Å². The van der Waals surface area contributed by atoms with Crippen molar-refractivity contribution in [1.29, 1.82) is 0 Å². The second-order valence-corrected chi connectivity index (χ2v) is 8.22. The molecular formula is C20H17ClN4O3S. The largest absolute Gasteiger partial charge is 0.326 e. The zero-order valence-electron chi connectivity index (χ0n) is 15.4. The first-order chi connectivity index (χ1) is 13.9. The van der Waals surface area contributed by atoms with E-state index in [0.29, 0.717) is 21.5 Å². The SMILES string of the molecule is CC(=O)Nc1cccc(N2C[C@@H](C(=O)Nc3nc4ccc(Cl)cc4s3)CC2=O)c1. The molecular weight excluding hydrogens is 412 g/mol. The summed E-state index contributed by atoms with van der Waals surface area (Å²) in [6.07, 6.45) is 0.118. The van der Waals surface area contributed by atoms with Crippen LogP contribution in [-0.4, -0.2) is 29.3 Å². The molecule has 29 heavy (non-hydrogen) atoms. The minimum Gasteiger partial charge on any atom is -0.326 e. The Labute approximate surface area is 175 Å². The van der Waals surface area contributed by atoms with Crippen LogP contribution in [0, 0.1) is 5.92 Å². The van der Waals surface area contributed by atoms with E-state index < -0.39 is 5.92 Å². The van der Waals surface area contributed by atoms with Gasteiger partial charge in [-0.3, -0.25) is 14.4 Å². The van der Waals surface area contributed by atoms with Crippen LogP contribution in [0.2, 0.25) is 5.02 Å².